The zero-order chi connectivity index (χ0) is 17.7. The van der Waals surface area contributed by atoms with Gasteiger partial charge >= 0.3 is 6.03 Å². The summed E-state index contributed by atoms with van der Waals surface area (Å²) in [4.78, 5) is 13.7. The van der Waals surface area contributed by atoms with Gasteiger partial charge in [0.05, 0.1) is 26.3 Å². The first kappa shape index (κ1) is 18.1. The molecule has 2 fully saturated rings. The van der Waals surface area contributed by atoms with E-state index in [1.807, 2.05) is 17.9 Å². The SMILES string of the molecule is CCCNC(=O)N1CC2(CC(CCOCc3cccc(F)c3)CO2)C1. The molecule has 138 valence electrons. The highest BCUT2D eigenvalue weighted by molar-refractivity contribution is 5.75. The van der Waals surface area contributed by atoms with Crippen molar-refractivity contribution in [3.63, 3.8) is 0 Å². The van der Waals surface area contributed by atoms with Crippen LogP contribution in [-0.4, -0.2) is 49.4 Å². The fourth-order valence-electron chi connectivity index (χ4n) is 3.55. The van der Waals surface area contributed by atoms with Gasteiger partial charge in [-0.15, -0.1) is 0 Å². The van der Waals surface area contributed by atoms with E-state index in [2.05, 4.69) is 5.32 Å². The van der Waals surface area contributed by atoms with Crippen LogP contribution in [0.15, 0.2) is 24.3 Å². The molecule has 2 aliphatic heterocycles. The van der Waals surface area contributed by atoms with Gasteiger partial charge in [-0.3, -0.25) is 0 Å². The predicted octanol–water partition coefficient (Wildman–Crippen LogP) is 2.94. The molecular formula is C19H27FN2O3. The van der Waals surface area contributed by atoms with Crippen molar-refractivity contribution in [1.82, 2.24) is 10.2 Å². The van der Waals surface area contributed by atoms with Crippen molar-refractivity contribution in [2.24, 2.45) is 5.92 Å². The Labute approximate surface area is 148 Å². The Hall–Kier alpha value is -1.66. The molecular weight excluding hydrogens is 323 g/mol. The highest BCUT2D eigenvalue weighted by atomic mass is 19.1. The lowest BCUT2D eigenvalue weighted by Gasteiger charge is -2.47. The van der Waals surface area contributed by atoms with Gasteiger partial charge in [-0.05, 0) is 42.9 Å². The number of amides is 2. The fraction of sp³-hybridized carbons (Fsp3) is 0.632. The number of rotatable bonds is 7. The molecule has 0 saturated carbocycles. The average Bonchev–Trinajstić information content (AvgIpc) is 3.00. The lowest BCUT2D eigenvalue weighted by Crippen LogP contribution is -2.65. The van der Waals surface area contributed by atoms with Crippen molar-refractivity contribution in [3.05, 3.63) is 35.6 Å². The van der Waals surface area contributed by atoms with Crippen LogP contribution in [0.4, 0.5) is 9.18 Å². The first-order valence-electron chi connectivity index (χ1n) is 9.09. The quantitative estimate of drug-likeness (QED) is 0.769. The van der Waals surface area contributed by atoms with Gasteiger partial charge in [0.25, 0.3) is 0 Å². The Bertz CT molecular complexity index is 590. The molecule has 1 unspecified atom stereocenters. The number of carbonyl (C=O) groups excluding carboxylic acids is 1. The first-order valence-corrected chi connectivity index (χ1v) is 9.09. The lowest BCUT2D eigenvalue weighted by molar-refractivity contribution is -0.0913. The second kappa shape index (κ2) is 8.15. The predicted molar refractivity (Wildman–Crippen MR) is 92.7 cm³/mol. The minimum Gasteiger partial charge on any atom is -0.377 e. The van der Waals surface area contributed by atoms with Crippen molar-refractivity contribution in [3.8, 4) is 0 Å². The summed E-state index contributed by atoms with van der Waals surface area (Å²) >= 11 is 0. The molecule has 1 aromatic carbocycles. The summed E-state index contributed by atoms with van der Waals surface area (Å²) in [6.07, 6.45) is 2.85. The van der Waals surface area contributed by atoms with Crippen LogP contribution >= 0.6 is 0 Å². The number of nitrogens with zero attached hydrogens (tertiary/aromatic N) is 1. The molecule has 0 aliphatic carbocycles. The number of hydrogen-bond acceptors (Lipinski definition) is 3. The molecule has 2 heterocycles. The van der Waals surface area contributed by atoms with E-state index in [0.29, 0.717) is 38.8 Å². The van der Waals surface area contributed by atoms with Gasteiger partial charge in [-0.1, -0.05) is 19.1 Å². The summed E-state index contributed by atoms with van der Waals surface area (Å²) in [6.45, 7) is 5.93. The Kier molecular flexibility index (Phi) is 5.91. The normalized spacial score (nSPS) is 21.4. The van der Waals surface area contributed by atoms with Crippen molar-refractivity contribution < 1.29 is 18.7 Å². The molecule has 1 N–H and O–H groups in total. The molecule has 25 heavy (non-hydrogen) atoms. The van der Waals surface area contributed by atoms with Gasteiger partial charge < -0.3 is 19.7 Å². The fourth-order valence-corrected chi connectivity index (χ4v) is 3.55. The molecule has 2 aliphatic rings. The third kappa shape index (κ3) is 4.70. The van der Waals surface area contributed by atoms with E-state index < -0.39 is 0 Å². The van der Waals surface area contributed by atoms with E-state index >= 15 is 0 Å². The second-order valence-electron chi connectivity index (χ2n) is 7.12. The molecule has 1 spiro atoms. The van der Waals surface area contributed by atoms with E-state index in [9.17, 15) is 9.18 Å². The zero-order valence-electron chi connectivity index (χ0n) is 14.8. The molecule has 0 aromatic heterocycles. The van der Waals surface area contributed by atoms with Gasteiger partial charge in [0.1, 0.15) is 11.4 Å². The van der Waals surface area contributed by atoms with Gasteiger partial charge in [0.15, 0.2) is 0 Å². The Morgan fingerprint density at radius 2 is 2.32 bits per heavy atom. The van der Waals surface area contributed by atoms with Crippen LogP contribution in [-0.2, 0) is 16.1 Å². The molecule has 1 atom stereocenters. The molecule has 2 saturated heterocycles. The maximum absolute atomic E-state index is 13.1. The Morgan fingerprint density at radius 1 is 1.48 bits per heavy atom. The summed E-state index contributed by atoms with van der Waals surface area (Å²) in [5.41, 5.74) is 0.711. The van der Waals surface area contributed by atoms with Gasteiger partial charge in [-0.2, -0.15) is 0 Å². The molecule has 6 heteroatoms. The highest BCUT2D eigenvalue weighted by Crippen LogP contribution is 2.39. The van der Waals surface area contributed by atoms with Crippen molar-refractivity contribution in [2.75, 3.05) is 32.8 Å². The van der Waals surface area contributed by atoms with Crippen LogP contribution in [0.5, 0.6) is 0 Å². The van der Waals surface area contributed by atoms with Crippen LogP contribution in [0.25, 0.3) is 0 Å². The second-order valence-corrected chi connectivity index (χ2v) is 7.12. The van der Waals surface area contributed by atoms with Crippen LogP contribution in [0.3, 0.4) is 0 Å². The zero-order valence-corrected chi connectivity index (χ0v) is 14.8. The van der Waals surface area contributed by atoms with E-state index in [1.54, 1.807) is 6.07 Å². The third-order valence-electron chi connectivity index (χ3n) is 4.89. The Balaban J connectivity index is 1.32. The van der Waals surface area contributed by atoms with Crippen molar-refractivity contribution in [1.29, 1.82) is 0 Å². The maximum Gasteiger partial charge on any atom is 0.317 e. The van der Waals surface area contributed by atoms with Crippen molar-refractivity contribution in [2.45, 2.75) is 38.4 Å². The number of urea groups is 1. The first-order chi connectivity index (χ1) is 12.1. The minimum atomic E-state index is -0.232. The van der Waals surface area contributed by atoms with E-state index in [1.165, 1.54) is 12.1 Å². The lowest BCUT2D eigenvalue weighted by atomic mass is 9.86. The number of halogens is 1. The smallest absolute Gasteiger partial charge is 0.317 e. The highest BCUT2D eigenvalue weighted by Gasteiger charge is 2.50. The van der Waals surface area contributed by atoms with Crippen LogP contribution in [0.2, 0.25) is 0 Å². The molecule has 3 rings (SSSR count). The largest absolute Gasteiger partial charge is 0.377 e. The molecule has 0 radical (unpaired) electrons. The number of nitrogens with one attached hydrogen (secondary N) is 1. The standard InChI is InChI=1S/C19H27FN2O3/c1-2-7-21-18(23)22-13-19(14-22)10-16(12-25-19)6-8-24-11-15-4-3-5-17(20)9-15/h3-5,9,16H,2,6-8,10-14H2,1H3,(H,21,23). The summed E-state index contributed by atoms with van der Waals surface area (Å²) in [6, 6.07) is 6.51. The van der Waals surface area contributed by atoms with E-state index in [-0.39, 0.29) is 17.4 Å². The maximum atomic E-state index is 13.1. The van der Waals surface area contributed by atoms with Crippen LogP contribution in [0, 0.1) is 11.7 Å². The summed E-state index contributed by atoms with van der Waals surface area (Å²) in [5, 5.41) is 2.90. The third-order valence-corrected chi connectivity index (χ3v) is 4.89. The van der Waals surface area contributed by atoms with Gasteiger partial charge in [-0.25, -0.2) is 9.18 Å². The van der Waals surface area contributed by atoms with Crippen LogP contribution in [0.1, 0.15) is 31.7 Å². The Morgan fingerprint density at radius 3 is 3.08 bits per heavy atom. The number of ether oxygens (including phenoxy) is 2. The molecule has 5 nitrogen and oxygen atoms in total. The summed E-state index contributed by atoms with van der Waals surface area (Å²) in [7, 11) is 0. The molecule has 2 amide bonds. The van der Waals surface area contributed by atoms with Gasteiger partial charge in [0, 0.05) is 13.2 Å². The monoisotopic (exact) mass is 350 g/mol. The van der Waals surface area contributed by atoms with E-state index in [0.717, 1.165) is 31.4 Å². The number of carbonyl (C=O) groups is 1. The summed E-state index contributed by atoms with van der Waals surface area (Å²) in [5.74, 6) is 0.234. The molecule has 0 bridgehead atoms. The summed E-state index contributed by atoms with van der Waals surface area (Å²) < 4.78 is 24.7. The number of hydrogen-bond donors (Lipinski definition) is 1. The van der Waals surface area contributed by atoms with Crippen LogP contribution < -0.4 is 5.32 Å². The van der Waals surface area contributed by atoms with Gasteiger partial charge in [0.2, 0.25) is 0 Å². The van der Waals surface area contributed by atoms with E-state index in [4.69, 9.17) is 9.47 Å². The molecule has 1 aromatic rings. The number of likely N-dealkylation sites (tertiary alicyclic amines) is 1. The number of benzene rings is 1. The minimum absolute atomic E-state index is 0.0120. The topological polar surface area (TPSA) is 50.8 Å². The average molecular weight is 350 g/mol. The van der Waals surface area contributed by atoms with Crippen molar-refractivity contribution >= 4 is 6.03 Å².